The lowest BCUT2D eigenvalue weighted by atomic mass is 10.1. The van der Waals surface area contributed by atoms with E-state index in [1.807, 2.05) is 20.8 Å². The second-order valence-corrected chi connectivity index (χ2v) is 5.77. The number of ether oxygens (including phenoxy) is 1. The lowest BCUT2D eigenvalue weighted by Crippen LogP contribution is -2.23. The van der Waals surface area contributed by atoms with Crippen molar-refractivity contribution < 1.29 is 9.53 Å². The first-order valence-electron chi connectivity index (χ1n) is 7.11. The van der Waals surface area contributed by atoms with E-state index < -0.39 is 0 Å². The highest BCUT2D eigenvalue weighted by atomic mass is 16.6. The van der Waals surface area contributed by atoms with Gasteiger partial charge in [0.05, 0.1) is 0 Å². The van der Waals surface area contributed by atoms with Crippen molar-refractivity contribution in [2.24, 2.45) is 0 Å². The molecule has 0 heterocycles. The number of unbranched alkanes of at least 4 members (excludes halogenated alkanes) is 7. The van der Waals surface area contributed by atoms with Gasteiger partial charge in [0.1, 0.15) is 5.60 Å². The average molecular weight is 252 g/mol. The molecule has 0 atom stereocenters. The Morgan fingerprint density at radius 3 is 2.00 bits per heavy atom. The molecule has 0 rings (SSSR count). The fourth-order valence-corrected chi connectivity index (χ4v) is 1.77. The summed E-state index contributed by atoms with van der Waals surface area (Å²) >= 11 is 0. The minimum absolute atomic E-state index is 0.0727. The van der Waals surface area contributed by atoms with Gasteiger partial charge in [-0.15, -0.1) is 12.3 Å². The van der Waals surface area contributed by atoms with Gasteiger partial charge in [0.2, 0.25) is 0 Å². The number of terminal acetylenes is 1. The van der Waals surface area contributed by atoms with Crippen molar-refractivity contribution in [2.75, 3.05) is 0 Å². The second kappa shape index (κ2) is 10.00. The van der Waals surface area contributed by atoms with Gasteiger partial charge in [-0.25, -0.2) is 0 Å². The fraction of sp³-hybridized carbons (Fsp3) is 0.812. The van der Waals surface area contributed by atoms with Crippen molar-refractivity contribution in [2.45, 2.75) is 84.2 Å². The maximum atomic E-state index is 11.4. The summed E-state index contributed by atoms with van der Waals surface area (Å²) in [5, 5.41) is 0. The number of carbonyl (C=O) groups excluding carboxylic acids is 1. The number of hydrogen-bond donors (Lipinski definition) is 0. The van der Waals surface area contributed by atoms with Gasteiger partial charge in [-0.1, -0.05) is 32.1 Å². The number of hydrogen-bond acceptors (Lipinski definition) is 2. The van der Waals surface area contributed by atoms with Crippen LogP contribution in [0.1, 0.15) is 78.6 Å². The normalized spacial score (nSPS) is 11.0. The van der Waals surface area contributed by atoms with Gasteiger partial charge >= 0.3 is 5.97 Å². The Bertz CT molecular complexity index is 255. The summed E-state index contributed by atoms with van der Waals surface area (Å²) < 4.78 is 5.25. The number of rotatable bonds is 9. The molecule has 2 nitrogen and oxygen atoms in total. The molecule has 0 aromatic rings. The Hall–Kier alpha value is -0.970. The Balaban J connectivity index is 3.26. The first-order valence-corrected chi connectivity index (χ1v) is 7.11. The van der Waals surface area contributed by atoms with E-state index in [4.69, 9.17) is 11.2 Å². The highest BCUT2D eigenvalue weighted by Gasteiger charge is 2.15. The van der Waals surface area contributed by atoms with Gasteiger partial charge in [-0.05, 0) is 33.6 Å². The molecule has 0 saturated heterocycles. The Morgan fingerprint density at radius 1 is 1.00 bits per heavy atom. The summed E-state index contributed by atoms with van der Waals surface area (Å²) in [5.74, 6) is 2.59. The summed E-state index contributed by atoms with van der Waals surface area (Å²) in [7, 11) is 0. The van der Waals surface area contributed by atoms with Crippen LogP contribution in [0.4, 0.5) is 0 Å². The summed E-state index contributed by atoms with van der Waals surface area (Å²) in [6, 6.07) is 0. The van der Waals surface area contributed by atoms with Crippen LogP contribution in [0, 0.1) is 12.3 Å². The first kappa shape index (κ1) is 17.0. The Labute approximate surface area is 112 Å². The van der Waals surface area contributed by atoms with Gasteiger partial charge in [-0.3, -0.25) is 4.79 Å². The van der Waals surface area contributed by atoms with E-state index in [2.05, 4.69) is 5.92 Å². The standard InChI is InChI=1S/C16H28O2/c1-5-6-7-8-9-10-11-12-13-14-15(17)18-16(2,3)4/h1H,6-14H2,2-4H3. The minimum Gasteiger partial charge on any atom is -0.460 e. The zero-order chi connectivity index (χ0) is 13.9. The maximum absolute atomic E-state index is 11.4. The highest BCUT2D eigenvalue weighted by Crippen LogP contribution is 2.12. The molecule has 0 amide bonds. The van der Waals surface area contributed by atoms with Gasteiger partial charge in [-0.2, -0.15) is 0 Å². The van der Waals surface area contributed by atoms with Crippen LogP contribution in [0.25, 0.3) is 0 Å². The smallest absolute Gasteiger partial charge is 0.306 e. The van der Waals surface area contributed by atoms with Gasteiger partial charge in [0.25, 0.3) is 0 Å². The molecule has 0 aliphatic carbocycles. The third-order valence-corrected chi connectivity index (χ3v) is 2.62. The SMILES string of the molecule is C#CCCCCCCCCCC(=O)OC(C)(C)C. The zero-order valence-electron chi connectivity index (χ0n) is 12.3. The van der Waals surface area contributed by atoms with Crippen molar-refractivity contribution >= 4 is 5.97 Å². The van der Waals surface area contributed by atoms with E-state index >= 15 is 0 Å². The number of carbonyl (C=O) groups is 1. The maximum Gasteiger partial charge on any atom is 0.306 e. The van der Waals surface area contributed by atoms with Crippen LogP contribution in [0.15, 0.2) is 0 Å². The molecule has 0 bridgehead atoms. The molecule has 2 heteroatoms. The van der Waals surface area contributed by atoms with Gasteiger partial charge in [0.15, 0.2) is 0 Å². The molecule has 0 fully saturated rings. The van der Waals surface area contributed by atoms with E-state index in [0.29, 0.717) is 6.42 Å². The molecule has 0 aromatic heterocycles. The molecule has 0 aliphatic heterocycles. The molecule has 0 N–H and O–H groups in total. The molecule has 0 spiro atoms. The average Bonchev–Trinajstić information content (AvgIpc) is 2.24. The monoisotopic (exact) mass is 252 g/mol. The van der Waals surface area contributed by atoms with Crippen LogP contribution < -0.4 is 0 Å². The highest BCUT2D eigenvalue weighted by molar-refractivity contribution is 5.69. The summed E-state index contributed by atoms with van der Waals surface area (Å²) in [4.78, 5) is 11.4. The van der Waals surface area contributed by atoms with Crippen LogP contribution in [-0.4, -0.2) is 11.6 Å². The van der Waals surface area contributed by atoms with Crippen LogP contribution in [0.2, 0.25) is 0 Å². The van der Waals surface area contributed by atoms with Crippen molar-refractivity contribution in [3.8, 4) is 12.3 Å². The third-order valence-electron chi connectivity index (χ3n) is 2.62. The quantitative estimate of drug-likeness (QED) is 0.344. The molecular formula is C16H28O2. The van der Waals surface area contributed by atoms with Crippen molar-refractivity contribution in [3.63, 3.8) is 0 Å². The van der Waals surface area contributed by atoms with Gasteiger partial charge in [0, 0.05) is 12.8 Å². The van der Waals surface area contributed by atoms with Gasteiger partial charge < -0.3 is 4.74 Å². The predicted molar refractivity (Wildman–Crippen MR) is 76.2 cm³/mol. The fourth-order valence-electron chi connectivity index (χ4n) is 1.77. The van der Waals surface area contributed by atoms with E-state index in [-0.39, 0.29) is 11.6 Å². The topological polar surface area (TPSA) is 26.3 Å². The molecule has 0 aromatic carbocycles. The lowest BCUT2D eigenvalue weighted by molar-refractivity contribution is -0.154. The zero-order valence-corrected chi connectivity index (χ0v) is 12.3. The third kappa shape index (κ3) is 13.1. The number of esters is 1. The van der Waals surface area contributed by atoms with Crippen LogP contribution in [-0.2, 0) is 9.53 Å². The minimum atomic E-state index is -0.353. The predicted octanol–water partition coefficient (Wildman–Crippen LogP) is 4.47. The van der Waals surface area contributed by atoms with E-state index in [1.165, 1.54) is 25.7 Å². The summed E-state index contributed by atoms with van der Waals surface area (Å²) in [5.41, 5.74) is -0.353. The molecule has 0 unspecified atom stereocenters. The Morgan fingerprint density at radius 2 is 1.50 bits per heavy atom. The van der Waals surface area contributed by atoms with Crippen LogP contribution in [0.5, 0.6) is 0 Å². The first-order chi connectivity index (χ1) is 8.45. The summed E-state index contributed by atoms with van der Waals surface area (Å²) in [6.45, 7) is 5.71. The largest absolute Gasteiger partial charge is 0.460 e. The molecule has 18 heavy (non-hydrogen) atoms. The molecular weight excluding hydrogens is 224 g/mol. The van der Waals surface area contributed by atoms with E-state index in [1.54, 1.807) is 0 Å². The molecule has 0 saturated carbocycles. The van der Waals surface area contributed by atoms with Crippen molar-refractivity contribution in [1.82, 2.24) is 0 Å². The van der Waals surface area contributed by atoms with E-state index in [9.17, 15) is 4.79 Å². The molecule has 104 valence electrons. The van der Waals surface area contributed by atoms with E-state index in [0.717, 1.165) is 25.7 Å². The summed E-state index contributed by atoms with van der Waals surface area (Å²) in [6.07, 6.45) is 14.8. The van der Waals surface area contributed by atoms with Crippen LogP contribution >= 0.6 is 0 Å². The molecule has 0 radical (unpaired) electrons. The van der Waals surface area contributed by atoms with Crippen molar-refractivity contribution in [1.29, 1.82) is 0 Å². The van der Waals surface area contributed by atoms with Crippen molar-refractivity contribution in [3.05, 3.63) is 0 Å². The second-order valence-electron chi connectivity index (χ2n) is 5.77. The molecule has 0 aliphatic rings. The Kier molecular flexibility index (Phi) is 9.46. The van der Waals surface area contributed by atoms with Crippen LogP contribution in [0.3, 0.4) is 0 Å². The lowest BCUT2D eigenvalue weighted by Gasteiger charge is -2.19.